The molecule has 0 saturated heterocycles. The molecule has 6 aromatic carbocycles. The summed E-state index contributed by atoms with van der Waals surface area (Å²) in [6.45, 7) is 3.77. The largest absolute Gasteiger partial charge is 0.424 e. The van der Waals surface area contributed by atoms with Gasteiger partial charge in [0.05, 0.1) is 5.56 Å². The SMILES string of the molecule is C=CC[C@@H](NC(=O)c1ccccc1)C(=O)Oc1ccc2ccccc2c1-c1c(OC(=O)c2ccccc2)ccc2ccccc12. The first-order chi connectivity index (χ1) is 22.0. The molecule has 6 nitrogen and oxygen atoms in total. The molecule has 6 rings (SSSR count). The third-order valence-electron chi connectivity index (χ3n) is 7.48. The van der Waals surface area contributed by atoms with Gasteiger partial charge in [0.15, 0.2) is 0 Å². The molecule has 0 fully saturated rings. The molecule has 0 radical (unpaired) electrons. The molecular formula is C39H29NO5. The summed E-state index contributed by atoms with van der Waals surface area (Å²) in [5, 5.41) is 6.20. The molecule has 0 aliphatic rings. The van der Waals surface area contributed by atoms with Gasteiger partial charge >= 0.3 is 11.9 Å². The minimum Gasteiger partial charge on any atom is -0.424 e. The van der Waals surface area contributed by atoms with Crippen LogP contribution in [-0.2, 0) is 4.79 Å². The third-order valence-corrected chi connectivity index (χ3v) is 7.48. The van der Waals surface area contributed by atoms with Crippen molar-refractivity contribution < 1.29 is 23.9 Å². The highest BCUT2D eigenvalue weighted by atomic mass is 16.5. The maximum atomic E-state index is 13.7. The van der Waals surface area contributed by atoms with E-state index in [4.69, 9.17) is 9.47 Å². The van der Waals surface area contributed by atoms with Gasteiger partial charge in [-0.1, -0.05) is 103 Å². The van der Waals surface area contributed by atoms with Gasteiger partial charge in [-0.3, -0.25) is 4.79 Å². The van der Waals surface area contributed by atoms with Crippen molar-refractivity contribution in [2.45, 2.75) is 12.5 Å². The molecule has 0 spiro atoms. The lowest BCUT2D eigenvalue weighted by molar-refractivity contribution is -0.136. The molecule has 0 bridgehead atoms. The Morgan fingerprint density at radius 2 is 1.09 bits per heavy atom. The number of esters is 2. The molecule has 0 saturated carbocycles. The first-order valence-electron chi connectivity index (χ1n) is 14.5. The van der Waals surface area contributed by atoms with Crippen LogP contribution in [0.15, 0.2) is 146 Å². The highest BCUT2D eigenvalue weighted by Gasteiger charge is 2.26. The van der Waals surface area contributed by atoms with Crippen LogP contribution in [0.4, 0.5) is 0 Å². The zero-order chi connectivity index (χ0) is 31.2. The van der Waals surface area contributed by atoms with Crippen molar-refractivity contribution in [3.8, 4) is 22.6 Å². The van der Waals surface area contributed by atoms with Gasteiger partial charge < -0.3 is 14.8 Å². The fourth-order valence-corrected chi connectivity index (χ4v) is 5.31. The number of fused-ring (bicyclic) bond motifs is 2. The van der Waals surface area contributed by atoms with Gasteiger partial charge in [0.25, 0.3) is 5.91 Å². The monoisotopic (exact) mass is 591 g/mol. The van der Waals surface area contributed by atoms with Crippen molar-refractivity contribution in [1.82, 2.24) is 5.32 Å². The molecule has 0 unspecified atom stereocenters. The van der Waals surface area contributed by atoms with Gasteiger partial charge in [-0.2, -0.15) is 0 Å². The zero-order valence-corrected chi connectivity index (χ0v) is 24.3. The van der Waals surface area contributed by atoms with Crippen molar-refractivity contribution >= 4 is 39.4 Å². The summed E-state index contributed by atoms with van der Waals surface area (Å²) in [6.07, 6.45) is 1.72. The first-order valence-corrected chi connectivity index (χ1v) is 14.5. The van der Waals surface area contributed by atoms with Crippen LogP contribution in [0.5, 0.6) is 11.5 Å². The van der Waals surface area contributed by atoms with Crippen LogP contribution in [0.1, 0.15) is 27.1 Å². The highest BCUT2D eigenvalue weighted by Crippen LogP contribution is 2.45. The van der Waals surface area contributed by atoms with E-state index in [1.165, 1.54) is 0 Å². The van der Waals surface area contributed by atoms with Crippen molar-refractivity contribution in [1.29, 1.82) is 0 Å². The predicted octanol–water partition coefficient (Wildman–Crippen LogP) is 8.16. The number of nitrogens with one attached hydrogen (secondary N) is 1. The normalized spacial score (nSPS) is 11.5. The van der Waals surface area contributed by atoms with E-state index in [0.717, 1.165) is 21.5 Å². The second kappa shape index (κ2) is 13.1. The average Bonchev–Trinajstić information content (AvgIpc) is 3.09. The van der Waals surface area contributed by atoms with E-state index >= 15 is 0 Å². The summed E-state index contributed by atoms with van der Waals surface area (Å²) in [6, 6.07) is 39.2. The fraction of sp³-hybridized carbons (Fsp3) is 0.0513. The second-order valence-corrected chi connectivity index (χ2v) is 10.4. The highest BCUT2D eigenvalue weighted by molar-refractivity contribution is 6.11. The summed E-state index contributed by atoms with van der Waals surface area (Å²) < 4.78 is 12.2. The molecule has 0 aliphatic heterocycles. The van der Waals surface area contributed by atoms with E-state index in [-0.39, 0.29) is 12.2 Å². The minimum atomic E-state index is -0.988. The Labute approximate surface area is 260 Å². The second-order valence-electron chi connectivity index (χ2n) is 10.4. The summed E-state index contributed by atoms with van der Waals surface area (Å²) >= 11 is 0. The summed E-state index contributed by atoms with van der Waals surface area (Å²) in [5.41, 5.74) is 2.01. The lowest BCUT2D eigenvalue weighted by Crippen LogP contribution is -2.42. The topological polar surface area (TPSA) is 81.7 Å². The van der Waals surface area contributed by atoms with E-state index < -0.39 is 23.9 Å². The van der Waals surface area contributed by atoms with Gasteiger partial charge in [-0.25, -0.2) is 9.59 Å². The molecule has 6 heteroatoms. The van der Waals surface area contributed by atoms with Crippen LogP contribution < -0.4 is 14.8 Å². The Bertz CT molecular complexity index is 2040. The molecule has 6 aromatic rings. The Hall–Kier alpha value is -6.01. The van der Waals surface area contributed by atoms with Crippen molar-refractivity contribution in [2.24, 2.45) is 0 Å². The Kier molecular flexibility index (Phi) is 8.47. The van der Waals surface area contributed by atoms with Crippen molar-refractivity contribution in [3.63, 3.8) is 0 Å². The van der Waals surface area contributed by atoms with Crippen LogP contribution in [0.3, 0.4) is 0 Å². The molecule has 45 heavy (non-hydrogen) atoms. The van der Waals surface area contributed by atoms with E-state index in [1.54, 1.807) is 66.7 Å². The quantitative estimate of drug-likeness (QED) is 0.104. The van der Waals surface area contributed by atoms with E-state index in [0.29, 0.717) is 28.0 Å². The third kappa shape index (κ3) is 6.21. The molecule has 220 valence electrons. The van der Waals surface area contributed by atoms with E-state index in [1.807, 2.05) is 72.8 Å². The van der Waals surface area contributed by atoms with Gasteiger partial charge in [0, 0.05) is 16.7 Å². The molecule has 1 N–H and O–H groups in total. The number of rotatable bonds is 9. The number of carbonyl (C=O) groups excluding carboxylic acids is 3. The van der Waals surface area contributed by atoms with Crippen LogP contribution in [0.2, 0.25) is 0 Å². The lowest BCUT2D eigenvalue weighted by atomic mass is 9.92. The van der Waals surface area contributed by atoms with Crippen LogP contribution in [-0.4, -0.2) is 23.9 Å². The summed E-state index contributed by atoms with van der Waals surface area (Å²) in [5.74, 6) is -0.993. The summed E-state index contributed by atoms with van der Waals surface area (Å²) in [4.78, 5) is 40.0. The Morgan fingerprint density at radius 1 is 0.600 bits per heavy atom. The lowest BCUT2D eigenvalue weighted by Gasteiger charge is -2.21. The van der Waals surface area contributed by atoms with Gasteiger partial charge in [0.1, 0.15) is 17.5 Å². The van der Waals surface area contributed by atoms with E-state index in [2.05, 4.69) is 11.9 Å². The smallest absolute Gasteiger partial charge is 0.343 e. The number of carbonyl (C=O) groups is 3. The van der Waals surface area contributed by atoms with Gasteiger partial charge in [-0.05, 0) is 64.4 Å². The maximum Gasteiger partial charge on any atom is 0.343 e. The minimum absolute atomic E-state index is 0.161. The van der Waals surface area contributed by atoms with Crippen LogP contribution in [0, 0.1) is 0 Å². The van der Waals surface area contributed by atoms with Crippen LogP contribution in [0.25, 0.3) is 32.7 Å². The van der Waals surface area contributed by atoms with Crippen molar-refractivity contribution in [2.75, 3.05) is 0 Å². The molecule has 1 amide bonds. The number of benzene rings is 6. The molecule has 0 aromatic heterocycles. The number of hydrogen-bond donors (Lipinski definition) is 1. The van der Waals surface area contributed by atoms with Gasteiger partial charge in [0.2, 0.25) is 0 Å². The Morgan fingerprint density at radius 3 is 1.64 bits per heavy atom. The fourth-order valence-electron chi connectivity index (χ4n) is 5.31. The van der Waals surface area contributed by atoms with Crippen LogP contribution >= 0.6 is 0 Å². The first kappa shape index (κ1) is 29.1. The molecule has 0 heterocycles. The van der Waals surface area contributed by atoms with Crippen molar-refractivity contribution in [3.05, 3.63) is 157 Å². The molecular weight excluding hydrogens is 562 g/mol. The standard InChI is InChI=1S/C39H29NO5/c1-2-13-32(40-37(41)28-16-5-3-6-17-28)39(43)45-34-25-23-27-15-10-12-21-31(27)36(34)35-30-20-11-9-14-26(30)22-24-33(35)44-38(42)29-18-7-4-8-19-29/h2-12,14-25,32H,1,13H2,(H,40,41)/t32-/m1/s1. The van der Waals surface area contributed by atoms with E-state index in [9.17, 15) is 14.4 Å². The molecule has 0 aliphatic carbocycles. The van der Waals surface area contributed by atoms with Gasteiger partial charge in [-0.15, -0.1) is 6.58 Å². The summed E-state index contributed by atoms with van der Waals surface area (Å²) in [7, 11) is 0. The molecule has 1 atom stereocenters. The predicted molar refractivity (Wildman–Crippen MR) is 176 cm³/mol. The number of amides is 1. The number of hydrogen-bond acceptors (Lipinski definition) is 5. The number of ether oxygens (including phenoxy) is 2. The average molecular weight is 592 g/mol. The Balaban J connectivity index is 1.47. The maximum absolute atomic E-state index is 13.7. The zero-order valence-electron chi connectivity index (χ0n) is 24.3.